The van der Waals surface area contributed by atoms with Gasteiger partial charge in [-0.3, -0.25) is 0 Å². The van der Waals surface area contributed by atoms with Gasteiger partial charge in [0.15, 0.2) is 0 Å². The van der Waals surface area contributed by atoms with Gasteiger partial charge in [-0.05, 0) is 56.2 Å². The van der Waals surface area contributed by atoms with Gasteiger partial charge in [0.2, 0.25) is 0 Å². The smallest absolute Gasteiger partial charge is 0.408 e. The Morgan fingerprint density at radius 2 is 1.82 bits per heavy atom. The van der Waals surface area contributed by atoms with Crippen molar-refractivity contribution in [1.29, 1.82) is 0 Å². The maximum Gasteiger partial charge on any atom is 0.408 e. The first-order valence-corrected chi connectivity index (χ1v) is 15.3. The first kappa shape index (κ1) is 35.6. The van der Waals surface area contributed by atoms with E-state index < -0.39 is 18.1 Å². The lowest BCUT2D eigenvalue weighted by Crippen LogP contribution is -2.46. The predicted molar refractivity (Wildman–Crippen MR) is 180 cm³/mol. The van der Waals surface area contributed by atoms with Crippen molar-refractivity contribution in [3.8, 4) is 0 Å². The van der Waals surface area contributed by atoms with Crippen molar-refractivity contribution in [2.45, 2.75) is 64.5 Å². The van der Waals surface area contributed by atoms with Crippen LogP contribution in [0.5, 0.6) is 0 Å². The van der Waals surface area contributed by atoms with Crippen LogP contribution in [0.25, 0.3) is 0 Å². The average Bonchev–Trinajstić information content (AvgIpc) is 3.06. The number of carbonyl (C=O) groups is 2. The second kappa shape index (κ2) is 17.6. The number of esters is 1. The Morgan fingerprint density at radius 3 is 2.56 bits per heavy atom. The quantitative estimate of drug-likeness (QED) is 0.233. The molecule has 45 heavy (non-hydrogen) atoms. The molecule has 1 amide bonds. The number of aromatic nitrogens is 3. The average molecular weight is 661 g/mol. The minimum absolute atomic E-state index is 0. The van der Waals surface area contributed by atoms with Crippen molar-refractivity contribution in [3.05, 3.63) is 71.2 Å². The van der Waals surface area contributed by atoms with Gasteiger partial charge in [-0.25, -0.2) is 24.5 Å². The van der Waals surface area contributed by atoms with E-state index in [1.807, 2.05) is 30.3 Å². The zero-order valence-corrected chi connectivity index (χ0v) is 27.4. The third-order valence-electron chi connectivity index (χ3n) is 7.95. The summed E-state index contributed by atoms with van der Waals surface area (Å²) in [7, 11) is 0. The number of carbonyl (C=O) groups excluding carboxylic acids is 2. The highest BCUT2D eigenvalue weighted by atomic mass is 35.5. The van der Waals surface area contributed by atoms with Gasteiger partial charge < -0.3 is 30.3 Å². The van der Waals surface area contributed by atoms with Gasteiger partial charge in [0.05, 0.1) is 6.61 Å². The van der Waals surface area contributed by atoms with Crippen molar-refractivity contribution < 1.29 is 19.1 Å². The van der Waals surface area contributed by atoms with Crippen LogP contribution < -0.4 is 20.9 Å². The lowest BCUT2D eigenvalue weighted by molar-refractivity contribution is -0.145. The molecule has 0 saturated carbocycles. The van der Waals surface area contributed by atoms with Gasteiger partial charge in [0.25, 0.3) is 0 Å². The molecule has 1 atom stereocenters. The first-order valence-electron chi connectivity index (χ1n) is 15.3. The zero-order chi connectivity index (χ0) is 30.0. The van der Waals surface area contributed by atoms with Crippen molar-refractivity contribution in [2.75, 3.05) is 48.3 Å². The summed E-state index contributed by atoms with van der Waals surface area (Å²) in [5.41, 5.74) is 4.29. The molecule has 0 bridgehead atoms. The number of pyridine rings is 1. The Hall–Kier alpha value is -3.83. The highest BCUT2D eigenvalue weighted by Gasteiger charge is 2.27. The summed E-state index contributed by atoms with van der Waals surface area (Å²) in [6, 6.07) is 12.8. The van der Waals surface area contributed by atoms with Gasteiger partial charge in [-0.2, -0.15) is 0 Å². The number of hydrogen-bond donors (Lipinski definition) is 3. The van der Waals surface area contributed by atoms with Gasteiger partial charge in [-0.15, -0.1) is 24.8 Å². The number of halogens is 2. The van der Waals surface area contributed by atoms with Crippen LogP contribution in [-0.2, 0) is 33.7 Å². The van der Waals surface area contributed by atoms with Crippen LogP contribution >= 0.6 is 24.8 Å². The Balaban J connectivity index is 0.00000276. The van der Waals surface area contributed by atoms with E-state index in [0.29, 0.717) is 18.2 Å². The molecule has 0 spiro atoms. The number of aryl methyl sites for hydroxylation is 1. The molecule has 11 nitrogen and oxygen atoms in total. The molecule has 2 aliphatic heterocycles. The second-order valence-corrected chi connectivity index (χ2v) is 10.8. The van der Waals surface area contributed by atoms with Gasteiger partial charge in [0.1, 0.15) is 36.4 Å². The van der Waals surface area contributed by atoms with Gasteiger partial charge in [-0.1, -0.05) is 43.3 Å². The molecule has 0 aliphatic carbocycles. The Bertz CT molecular complexity index is 1390. The fourth-order valence-electron chi connectivity index (χ4n) is 5.65. The Kier molecular flexibility index (Phi) is 13.9. The molecule has 2 aliphatic rings. The number of amides is 1. The summed E-state index contributed by atoms with van der Waals surface area (Å²) in [6.45, 7) is 6.88. The van der Waals surface area contributed by atoms with E-state index in [9.17, 15) is 9.59 Å². The van der Waals surface area contributed by atoms with Crippen molar-refractivity contribution in [2.24, 2.45) is 0 Å². The molecule has 0 radical (unpaired) electrons. The Morgan fingerprint density at radius 1 is 1.04 bits per heavy atom. The number of hydrogen-bond acceptors (Lipinski definition) is 10. The van der Waals surface area contributed by atoms with E-state index in [1.165, 1.54) is 5.56 Å². The Labute approximate surface area is 277 Å². The van der Waals surface area contributed by atoms with Crippen LogP contribution in [0.4, 0.5) is 22.2 Å². The number of piperidine rings is 1. The monoisotopic (exact) mass is 659 g/mol. The summed E-state index contributed by atoms with van der Waals surface area (Å²) in [5, 5.41) is 9.35. The molecule has 3 N–H and O–H groups in total. The molecular formula is C32H43Cl2N7O4. The molecule has 5 rings (SSSR count). The maximum atomic E-state index is 12.7. The van der Waals surface area contributed by atoms with Gasteiger partial charge >= 0.3 is 12.1 Å². The maximum absolute atomic E-state index is 12.7. The third kappa shape index (κ3) is 9.34. The standard InChI is InChI=1S/C32H41N7O4.2ClH/c1-3-25-29(34-19-27(31(40)42-4-2)38-32(41)43-20-22-9-6-5-7-10-22)35-21-36-30(25)39-17-14-23(15-18-39)26-13-12-24-11-8-16-33-28(24)37-26;;/h5-7,9-10,12-13,21,23,27H,3-4,8,11,14-20H2,1-2H3,(H,33,37)(H,38,41)(H,34,35,36);2*1H/t27-;;/m0../s1. The summed E-state index contributed by atoms with van der Waals surface area (Å²) < 4.78 is 10.5. The van der Waals surface area contributed by atoms with Crippen molar-refractivity contribution in [3.63, 3.8) is 0 Å². The van der Waals surface area contributed by atoms with E-state index in [-0.39, 0.29) is 44.6 Å². The number of fused-ring (bicyclic) bond motifs is 1. The van der Waals surface area contributed by atoms with Crippen molar-refractivity contribution in [1.82, 2.24) is 20.3 Å². The van der Waals surface area contributed by atoms with E-state index in [2.05, 4.69) is 49.9 Å². The van der Waals surface area contributed by atoms with E-state index in [0.717, 1.165) is 73.8 Å². The van der Waals surface area contributed by atoms with Crippen LogP contribution in [-0.4, -0.2) is 65.8 Å². The summed E-state index contributed by atoms with van der Waals surface area (Å²) in [6.07, 6.45) is 5.77. The SMILES string of the molecule is CCOC(=O)[C@H](CNc1ncnc(N2CCC(c3ccc4c(n3)NCCC4)CC2)c1CC)NC(=O)OCc1ccccc1.Cl.Cl. The van der Waals surface area contributed by atoms with Crippen LogP contribution in [0.1, 0.15) is 61.4 Å². The molecule has 13 heteroatoms. The molecule has 1 saturated heterocycles. The van der Waals surface area contributed by atoms with Gasteiger partial charge in [0, 0.05) is 43.4 Å². The molecule has 4 heterocycles. The number of ether oxygens (including phenoxy) is 2. The fourth-order valence-corrected chi connectivity index (χ4v) is 5.65. The number of alkyl carbamates (subject to hydrolysis) is 1. The molecule has 2 aromatic heterocycles. The number of anilines is 3. The van der Waals surface area contributed by atoms with Crippen LogP contribution in [0.15, 0.2) is 48.8 Å². The van der Waals surface area contributed by atoms with Crippen molar-refractivity contribution >= 4 is 54.3 Å². The number of benzene rings is 1. The summed E-state index contributed by atoms with van der Waals surface area (Å²) >= 11 is 0. The minimum Gasteiger partial charge on any atom is -0.464 e. The summed E-state index contributed by atoms with van der Waals surface area (Å²) in [4.78, 5) is 41.6. The van der Waals surface area contributed by atoms with Crippen LogP contribution in [0.3, 0.4) is 0 Å². The zero-order valence-electron chi connectivity index (χ0n) is 25.8. The molecule has 1 aromatic carbocycles. The largest absolute Gasteiger partial charge is 0.464 e. The summed E-state index contributed by atoms with van der Waals surface area (Å²) in [5.74, 6) is 2.43. The van der Waals surface area contributed by atoms with E-state index in [1.54, 1.807) is 13.3 Å². The molecular weight excluding hydrogens is 617 g/mol. The third-order valence-corrected chi connectivity index (χ3v) is 7.95. The highest BCUT2D eigenvalue weighted by molar-refractivity contribution is 5.85. The number of nitrogens with zero attached hydrogens (tertiary/aromatic N) is 4. The normalized spacial score (nSPS) is 14.8. The molecule has 3 aromatic rings. The lowest BCUT2D eigenvalue weighted by Gasteiger charge is -2.34. The highest BCUT2D eigenvalue weighted by Crippen LogP contribution is 2.33. The van der Waals surface area contributed by atoms with E-state index in [4.69, 9.17) is 14.5 Å². The van der Waals surface area contributed by atoms with E-state index >= 15 is 0 Å². The first-order chi connectivity index (χ1) is 21.1. The molecule has 0 unspecified atom stereocenters. The number of rotatable bonds is 11. The number of nitrogens with one attached hydrogen (secondary N) is 3. The molecule has 244 valence electrons. The fraction of sp³-hybridized carbons (Fsp3) is 0.469. The van der Waals surface area contributed by atoms with Crippen LogP contribution in [0.2, 0.25) is 0 Å². The predicted octanol–water partition coefficient (Wildman–Crippen LogP) is 5.29. The lowest BCUT2D eigenvalue weighted by atomic mass is 9.92. The molecule has 1 fully saturated rings. The topological polar surface area (TPSA) is 131 Å². The second-order valence-electron chi connectivity index (χ2n) is 10.8. The van der Waals surface area contributed by atoms with Crippen LogP contribution in [0, 0.1) is 0 Å². The minimum atomic E-state index is -0.958.